The summed E-state index contributed by atoms with van der Waals surface area (Å²) in [5.41, 5.74) is 12.2. The van der Waals surface area contributed by atoms with Gasteiger partial charge >= 0.3 is 6.03 Å². The Kier molecular flexibility index (Phi) is 4.65. The van der Waals surface area contributed by atoms with Gasteiger partial charge in [-0.25, -0.2) is 9.78 Å². The van der Waals surface area contributed by atoms with Crippen LogP contribution in [0.5, 0.6) is 0 Å². The second kappa shape index (κ2) is 6.00. The number of hydrogen-bond donors (Lipinski definition) is 4. The molecule has 0 saturated heterocycles. The van der Waals surface area contributed by atoms with Crippen LogP contribution >= 0.6 is 12.2 Å². The number of aromatic nitrogens is 1. The van der Waals surface area contributed by atoms with E-state index in [1.807, 2.05) is 13.0 Å². The van der Waals surface area contributed by atoms with Gasteiger partial charge in [0, 0.05) is 19.3 Å². The molecule has 0 aliphatic carbocycles. The molecule has 92 valence electrons. The van der Waals surface area contributed by atoms with Crippen LogP contribution in [0, 0.1) is 6.92 Å². The van der Waals surface area contributed by atoms with E-state index in [2.05, 4.69) is 15.6 Å². The molecule has 0 saturated carbocycles. The van der Waals surface area contributed by atoms with Crippen LogP contribution in [-0.2, 0) is 0 Å². The maximum absolute atomic E-state index is 10.5. The maximum atomic E-state index is 10.5. The summed E-state index contributed by atoms with van der Waals surface area (Å²) in [6.45, 7) is 2.81. The Morgan fingerprint density at radius 3 is 2.76 bits per heavy atom. The van der Waals surface area contributed by atoms with E-state index in [4.69, 9.17) is 23.7 Å². The zero-order valence-electron chi connectivity index (χ0n) is 9.49. The quantitative estimate of drug-likeness (QED) is 0.440. The van der Waals surface area contributed by atoms with Crippen LogP contribution in [0.25, 0.3) is 0 Å². The topological polar surface area (TPSA) is 106 Å². The van der Waals surface area contributed by atoms with Gasteiger partial charge in [-0.05, 0) is 18.6 Å². The van der Waals surface area contributed by atoms with Crippen molar-refractivity contribution >= 4 is 29.1 Å². The minimum atomic E-state index is -0.557. The molecule has 0 aromatic carbocycles. The summed E-state index contributed by atoms with van der Waals surface area (Å²) in [4.78, 5) is 14.9. The normalized spacial score (nSPS) is 9.71. The largest absolute Gasteiger partial charge is 0.389 e. The Labute approximate surface area is 105 Å². The standard InChI is InChI=1S/C10H15N5OS/c1-6-2-3-13-9(7(6)8(11)17)14-4-5-15-10(12)16/h2-3H,4-5H2,1H3,(H2,11,17)(H,13,14)(H3,12,15,16). The first-order chi connectivity index (χ1) is 8.02. The molecule has 0 unspecified atom stereocenters. The maximum Gasteiger partial charge on any atom is 0.312 e. The molecule has 0 spiro atoms. The van der Waals surface area contributed by atoms with Crippen molar-refractivity contribution in [2.75, 3.05) is 18.4 Å². The summed E-state index contributed by atoms with van der Waals surface area (Å²) in [5, 5.41) is 5.51. The van der Waals surface area contributed by atoms with Crippen molar-refractivity contribution in [3.8, 4) is 0 Å². The van der Waals surface area contributed by atoms with E-state index < -0.39 is 6.03 Å². The number of primary amides is 1. The number of thiocarbonyl (C=S) groups is 1. The summed E-state index contributed by atoms with van der Waals surface area (Å²) < 4.78 is 0. The van der Waals surface area contributed by atoms with E-state index in [-0.39, 0.29) is 0 Å². The number of nitrogens with zero attached hydrogens (tertiary/aromatic N) is 1. The van der Waals surface area contributed by atoms with Crippen molar-refractivity contribution in [3.63, 3.8) is 0 Å². The molecule has 0 aliphatic heterocycles. The fourth-order valence-electron chi connectivity index (χ4n) is 1.37. The second-order valence-corrected chi connectivity index (χ2v) is 3.87. The molecule has 6 nitrogen and oxygen atoms in total. The Morgan fingerprint density at radius 1 is 1.47 bits per heavy atom. The lowest BCUT2D eigenvalue weighted by Gasteiger charge is -2.12. The molecule has 1 rings (SSSR count). The van der Waals surface area contributed by atoms with Gasteiger partial charge in [-0.15, -0.1) is 0 Å². The number of anilines is 1. The lowest BCUT2D eigenvalue weighted by molar-refractivity contribution is 0.249. The summed E-state index contributed by atoms with van der Waals surface area (Å²) in [5.74, 6) is 0.615. The third-order valence-corrected chi connectivity index (χ3v) is 2.33. The molecular weight excluding hydrogens is 238 g/mol. The Morgan fingerprint density at radius 2 is 2.18 bits per heavy atom. The first kappa shape index (κ1) is 13.2. The third-order valence-electron chi connectivity index (χ3n) is 2.12. The Balaban J connectivity index is 2.67. The number of hydrogen-bond acceptors (Lipinski definition) is 4. The molecule has 0 bridgehead atoms. The van der Waals surface area contributed by atoms with Crippen LogP contribution in [0.15, 0.2) is 12.3 Å². The molecule has 6 N–H and O–H groups in total. The van der Waals surface area contributed by atoms with Gasteiger partial charge in [0.1, 0.15) is 10.8 Å². The van der Waals surface area contributed by atoms with Crippen LogP contribution in [0.4, 0.5) is 10.6 Å². The van der Waals surface area contributed by atoms with Crippen molar-refractivity contribution in [2.24, 2.45) is 11.5 Å². The van der Waals surface area contributed by atoms with Crippen LogP contribution in [-0.4, -0.2) is 29.1 Å². The van der Waals surface area contributed by atoms with Crippen LogP contribution in [0.1, 0.15) is 11.1 Å². The highest BCUT2D eigenvalue weighted by atomic mass is 32.1. The van der Waals surface area contributed by atoms with Gasteiger partial charge in [-0.1, -0.05) is 12.2 Å². The van der Waals surface area contributed by atoms with E-state index in [1.165, 1.54) is 0 Å². The molecule has 1 aromatic heterocycles. The zero-order valence-corrected chi connectivity index (χ0v) is 10.3. The van der Waals surface area contributed by atoms with E-state index in [9.17, 15) is 4.79 Å². The molecule has 1 aromatic rings. The summed E-state index contributed by atoms with van der Waals surface area (Å²) in [6, 6.07) is 1.28. The number of rotatable bonds is 5. The van der Waals surface area contributed by atoms with Crippen molar-refractivity contribution in [1.29, 1.82) is 0 Å². The smallest absolute Gasteiger partial charge is 0.312 e. The summed E-state index contributed by atoms with van der Waals surface area (Å²) in [7, 11) is 0. The van der Waals surface area contributed by atoms with Gasteiger partial charge in [0.2, 0.25) is 0 Å². The van der Waals surface area contributed by atoms with Gasteiger partial charge in [0.05, 0.1) is 5.56 Å². The van der Waals surface area contributed by atoms with Gasteiger partial charge in [0.15, 0.2) is 0 Å². The second-order valence-electron chi connectivity index (χ2n) is 3.43. The SMILES string of the molecule is Cc1ccnc(NCCNC(N)=O)c1C(N)=S. The van der Waals surface area contributed by atoms with Gasteiger partial charge < -0.3 is 22.1 Å². The van der Waals surface area contributed by atoms with Crippen molar-refractivity contribution in [3.05, 3.63) is 23.4 Å². The van der Waals surface area contributed by atoms with E-state index in [1.54, 1.807) is 6.20 Å². The van der Waals surface area contributed by atoms with Crippen molar-refractivity contribution in [1.82, 2.24) is 10.3 Å². The Bertz CT molecular complexity index is 435. The number of aryl methyl sites for hydroxylation is 1. The average Bonchev–Trinajstić information content (AvgIpc) is 2.23. The van der Waals surface area contributed by atoms with Crippen LogP contribution < -0.4 is 22.1 Å². The number of pyridine rings is 1. The summed E-state index contributed by atoms with van der Waals surface area (Å²) in [6.07, 6.45) is 1.67. The predicted octanol–water partition coefficient (Wildman–Crippen LogP) is 0.104. The zero-order chi connectivity index (χ0) is 12.8. The average molecular weight is 253 g/mol. The molecule has 2 amide bonds. The first-order valence-corrected chi connectivity index (χ1v) is 5.45. The molecular formula is C10H15N5OS. The molecule has 0 atom stereocenters. The minimum absolute atomic E-state index is 0.293. The van der Waals surface area contributed by atoms with E-state index in [0.717, 1.165) is 11.1 Å². The molecule has 7 heteroatoms. The highest BCUT2D eigenvalue weighted by Crippen LogP contribution is 2.15. The van der Waals surface area contributed by atoms with E-state index in [0.29, 0.717) is 23.9 Å². The van der Waals surface area contributed by atoms with Crippen LogP contribution in [0.2, 0.25) is 0 Å². The number of nitrogens with one attached hydrogen (secondary N) is 2. The van der Waals surface area contributed by atoms with E-state index >= 15 is 0 Å². The number of nitrogens with two attached hydrogens (primary N) is 2. The van der Waals surface area contributed by atoms with Crippen molar-refractivity contribution < 1.29 is 4.79 Å². The minimum Gasteiger partial charge on any atom is -0.389 e. The van der Waals surface area contributed by atoms with Gasteiger partial charge in [0.25, 0.3) is 0 Å². The number of amides is 2. The monoisotopic (exact) mass is 253 g/mol. The molecule has 1 heterocycles. The predicted molar refractivity (Wildman–Crippen MR) is 70.9 cm³/mol. The molecule has 0 aliphatic rings. The van der Waals surface area contributed by atoms with Gasteiger partial charge in [-0.3, -0.25) is 0 Å². The third kappa shape index (κ3) is 3.87. The van der Waals surface area contributed by atoms with Gasteiger partial charge in [-0.2, -0.15) is 0 Å². The fraction of sp³-hybridized carbons (Fsp3) is 0.300. The van der Waals surface area contributed by atoms with Crippen LogP contribution in [0.3, 0.4) is 0 Å². The number of carbonyl (C=O) groups is 1. The fourth-order valence-corrected chi connectivity index (χ4v) is 1.63. The molecule has 0 fully saturated rings. The lowest BCUT2D eigenvalue weighted by Crippen LogP contribution is -2.33. The number of carbonyl (C=O) groups excluding carboxylic acids is 1. The first-order valence-electron chi connectivity index (χ1n) is 5.05. The molecule has 0 radical (unpaired) electrons. The summed E-state index contributed by atoms with van der Waals surface area (Å²) >= 11 is 4.97. The highest BCUT2D eigenvalue weighted by Gasteiger charge is 2.08. The highest BCUT2D eigenvalue weighted by molar-refractivity contribution is 7.80. The number of urea groups is 1. The Hall–Kier alpha value is -1.89. The molecule has 17 heavy (non-hydrogen) atoms. The van der Waals surface area contributed by atoms with Crippen molar-refractivity contribution in [2.45, 2.75) is 6.92 Å². The lowest BCUT2D eigenvalue weighted by atomic mass is 10.1.